The van der Waals surface area contributed by atoms with Crippen molar-refractivity contribution >= 4 is 19.8 Å². The van der Waals surface area contributed by atoms with Gasteiger partial charge in [-0.05, 0) is 45.4 Å². The Labute approximate surface area is 359 Å². The predicted molar refractivity (Wildman–Crippen MR) is 244 cm³/mol. The van der Waals surface area contributed by atoms with Crippen molar-refractivity contribution in [2.75, 3.05) is 19.8 Å². The maximum Gasteiger partial charge on any atom is 0.472 e. The minimum atomic E-state index is -4.28. The number of unbranched alkanes of at least 4 members (excludes halogenated alkanes) is 33. The lowest BCUT2D eigenvalue weighted by molar-refractivity contribution is -0.161. The van der Waals surface area contributed by atoms with Gasteiger partial charge in [0.05, 0.1) is 13.2 Å². The number of carbonyl (C=O) groups is 2. The van der Waals surface area contributed by atoms with Crippen LogP contribution in [-0.2, 0) is 32.7 Å². The van der Waals surface area contributed by atoms with Crippen molar-refractivity contribution in [1.29, 1.82) is 0 Å². The van der Waals surface area contributed by atoms with Gasteiger partial charge in [-0.3, -0.25) is 18.6 Å². The van der Waals surface area contributed by atoms with E-state index in [0.717, 1.165) is 38.5 Å². The molecule has 0 aromatic rings. The quantitative estimate of drug-likeness (QED) is 0.0279. The maximum absolute atomic E-state index is 12.6. The fourth-order valence-corrected chi connectivity index (χ4v) is 8.15. The Morgan fingerprint density at radius 3 is 1.14 bits per heavy atom. The number of allylic oxidation sites excluding steroid dienone is 2. The van der Waals surface area contributed by atoms with Crippen molar-refractivity contribution in [1.82, 2.24) is 0 Å². The van der Waals surface area contributed by atoms with Crippen LogP contribution in [0.15, 0.2) is 12.2 Å². The van der Waals surface area contributed by atoms with E-state index in [9.17, 15) is 19.0 Å². The summed E-state index contributed by atoms with van der Waals surface area (Å²) in [5.41, 5.74) is 0. The summed E-state index contributed by atoms with van der Waals surface area (Å²) in [7, 11) is -4.28. The molecule has 0 heterocycles. The van der Waals surface area contributed by atoms with E-state index < -0.39 is 19.9 Å². The molecule has 0 aliphatic carbocycles. The fraction of sp³-hybridized carbons (Fsp3) is 0.918. The van der Waals surface area contributed by atoms with Gasteiger partial charge in [-0.15, -0.1) is 0 Å². The van der Waals surface area contributed by atoms with Crippen LogP contribution in [-0.4, -0.2) is 42.8 Å². The first-order chi connectivity index (χ1) is 28.3. The molecule has 0 amide bonds. The third-order valence-corrected chi connectivity index (χ3v) is 12.1. The molecule has 344 valence electrons. The molecule has 0 aliphatic heterocycles. The molecule has 0 spiro atoms. The molecule has 0 saturated heterocycles. The van der Waals surface area contributed by atoms with Crippen molar-refractivity contribution < 1.29 is 37.6 Å². The summed E-state index contributed by atoms with van der Waals surface area (Å²) in [5, 5.41) is 0. The van der Waals surface area contributed by atoms with Crippen LogP contribution in [0, 0.1) is 0 Å². The molecule has 2 unspecified atom stereocenters. The highest BCUT2D eigenvalue weighted by Gasteiger charge is 2.25. The number of ether oxygens (including phenoxy) is 2. The number of hydrogen-bond donors (Lipinski definition) is 1. The van der Waals surface area contributed by atoms with Crippen LogP contribution >= 0.6 is 7.82 Å². The molecule has 0 radical (unpaired) electrons. The average molecular weight is 843 g/mol. The van der Waals surface area contributed by atoms with Crippen molar-refractivity contribution in [2.24, 2.45) is 0 Å². The average Bonchev–Trinajstić information content (AvgIpc) is 3.20. The highest BCUT2D eigenvalue weighted by molar-refractivity contribution is 7.47. The van der Waals surface area contributed by atoms with Gasteiger partial charge in [0.15, 0.2) is 6.10 Å². The van der Waals surface area contributed by atoms with Crippen LogP contribution < -0.4 is 0 Å². The lowest BCUT2D eigenvalue weighted by Gasteiger charge is -2.19. The number of phosphoric acid groups is 1. The van der Waals surface area contributed by atoms with Crippen LogP contribution in [0.3, 0.4) is 0 Å². The van der Waals surface area contributed by atoms with Crippen molar-refractivity contribution in [3.05, 3.63) is 12.2 Å². The highest BCUT2D eigenvalue weighted by atomic mass is 31.2. The molecule has 0 fully saturated rings. The predicted octanol–water partition coefficient (Wildman–Crippen LogP) is 16.0. The first-order valence-corrected chi connectivity index (χ1v) is 26.5. The molecule has 0 saturated carbocycles. The van der Waals surface area contributed by atoms with E-state index in [2.05, 4.69) is 26.0 Å². The van der Waals surface area contributed by atoms with Crippen molar-refractivity contribution in [2.45, 2.75) is 271 Å². The highest BCUT2D eigenvalue weighted by Crippen LogP contribution is 2.43. The monoisotopic (exact) mass is 843 g/mol. The molecule has 0 aliphatic rings. The molecular formula is C49H95O8P. The molecule has 2 atom stereocenters. The molecule has 58 heavy (non-hydrogen) atoms. The van der Waals surface area contributed by atoms with Crippen LogP contribution in [0.2, 0.25) is 0 Å². The van der Waals surface area contributed by atoms with E-state index in [1.165, 1.54) is 193 Å². The zero-order chi connectivity index (χ0) is 42.5. The Kier molecular flexibility index (Phi) is 44.4. The van der Waals surface area contributed by atoms with E-state index >= 15 is 0 Å². The zero-order valence-corrected chi connectivity index (χ0v) is 39.4. The van der Waals surface area contributed by atoms with E-state index in [-0.39, 0.29) is 32.2 Å². The van der Waals surface area contributed by atoms with Gasteiger partial charge in [0.25, 0.3) is 0 Å². The number of rotatable bonds is 47. The lowest BCUT2D eigenvalue weighted by Crippen LogP contribution is -2.29. The maximum atomic E-state index is 12.6. The molecule has 0 aromatic carbocycles. The van der Waals surface area contributed by atoms with Gasteiger partial charge in [0, 0.05) is 12.8 Å². The third kappa shape index (κ3) is 44.3. The third-order valence-electron chi connectivity index (χ3n) is 11.1. The Hall–Kier alpha value is -1.21. The van der Waals surface area contributed by atoms with Gasteiger partial charge in [-0.1, -0.05) is 219 Å². The summed E-state index contributed by atoms with van der Waals surface area (Å²) in [6.45, 7) is 5.53. The first-order valence-electron chi connectivity index (χ1n) is 25.0. The largest absolute Gasteiger partial charge is 0.472 e. The zero-order valence-electron chi connectivity index (χ0n) is 38.5. The summed E-state index contributed by atoms with van der Waals surface area (Å²) < 4.78 is 32.8. The molecule has 8 nitrogen and oxygen atoms in total. The number of phosphoric ester groups is 1. The molecule has 9 heteroatoms. The smallest absolute Gasteiger partial charge is 0.462 e. The van der Waals surface area contributed by atoms with Crippen molar-refractivity contribution in [3.8, 4) is 0 Å². The summed E-state index contributed by atoms with van der Waals surface area (Å²) in [6, 6.07) is 0. The van der Waals surface area contributed by atoms with E-state index in [4.69, 9.17) is 18.5 Å². The second-order valence-corrected chi connectivity index (χ2v) is 18.3. The Morgan fingerprint density at radius 1 is 0.448 bits per heavy atom. The van der Waals surface area contributed by atoms with E-state index in [0.29, 0.717) is 6.42 Å². The number of esters is 2. The molecule has 1 N–H and O–H groups in total. The fourth-order valence-electron chi connectivity index (χ4n) is 7.39. The first kappa shape index (κ1) is 56.8. The van der Waals surface area contributed by atoms with Crippen molar-refractivity contribution in [3.63, 3.8) is 0 Å². The van der Waals surface area contributed by atoms with Gasteiger partial charge >= 0.3 is 19.8 Å². The standard InChI is InChI=1S/C49H95O8P/c1-4-7-9-11-13-15-17-19-21-22-23-24-25-26-27-28-30-32-34-36-38-40-42-44-49(51)57-47(46-56-58(52,53)55-6-3)45-54-48(50)43-41-39-37-35-33-31-29-20-18-16-14-12-10-8-5-2/h22-23,47H,4-21,24-46H2,1-3H3,(H,52,53)/b23-22-. The second-order valence-electron chi connectivity index (χ2n) is 16.8. The van der Waals surface area contributed by atoms with Gasteiger partial charge in [0.1, 0.15) is 6.61 Å². The molecular weight excluding hydrogens is 748 g/mol. The molecule has 0 bridgehead atoms. The van der Waals surface area contributed by atoms with Crippen LogP contribution in [0.5, 0.6) is 0 Å². The SMILES string of the molecule is CCCCCCCCCC/C=C\CCCCCCCCCCCCCC(=O)OC(COC(=O)CCCCCCCCCCCCCCCCC)COP(=O)(O)OCC. The van der Waals surface area contributed by atoms with Crippen LogP contribution in [0.25, 0.3) is 0 Å². The molecule has 0 rings (SSSR count). The second kappa shape index (κ2) is 45.3. The number of hydrogen-bond acceptors (Lipinski definition) is 7. The summed E-state index contributed by atoms with van der Waals surface area (Å²) in [6.07, 6.45) is 49.9. The summed E-state index contributed by atoms with van der Waals surface area (Å²) >= 11 is 0. The Bertz CT molecular complexity index is 957. The topological polar surface area (TPSA) is 108 Å². The summed E-state index contributed by atoms with van der Waals surface area (Å²) in [5.74, 6) is -0.782. The Balaban J connectivity index is 3.94. The van der Waals surface area contributed by atoms with E-state index in [1.807, 2.05) is 0 Å². The summed E-state index contributed by atoms with van der Waals surface area (Å²) in [4.78, 5) is 34.9. The minimum absolute atomic E-state index is 0.00398. The normalized spacial score (nSPS) is 13.2. The van der Waals surface area contributed by atoms with Gasteiger partial charge in [-0.25, -0.2) is 4.57 Å². The van der Waals surface area contributed by atoms with Gasteiger partial charge in [-0.2, -0.15) is 0 Å². The lowest BCUT2D eigenvalue weighted by atomic mass is 10.0. The molecule has 0 aromatic heterocycles. The van der Waals surface area contributed by atoms with Crippen LogP contribution in [0.1, 0.15) is 265 Å². The van der Waals surface area contributed by atoms with Crippen LogP contribution in [0.4, 0.5) is 0 Å². The minimum Gasteiger partial charge on any atom is -0.462 e. The van der Waals surface area contributed by atoms with E-state index in [1.54, 1.807) is 6.92 Å². The van der Waals surface area contributed by atoms with Gasteiger partial charge < -0.3 is 14.4 Å². The number of carbonyl (C=O) groups excluding carboxylic acids is 2. The Morgan fingerprint density at radius 2 is 0.776 bits per heavy atom. The van der Waals surface area contributed by atoms with Gasteiger partial charge in [0.2, 0.25) is 0 Å².